The molecule has 1 N–H and O–H groups in total. The molecule has 2 aromatic carbocycles. The zero-order valence-electron chi connectivity index (χ0n) is 24.4. The first kappa shape index (κ1) is 30.4. The summed E-state index contributed by atoms with van der Waals surface area (Å²) in [4.78, 5) is 17.9. The van der Waals surface area contributed by atoms with E-state index in [0.29, 0.717) is 28.0 Å². The number of aromatic nitrogens is 2. The Balaban J connectivity index is 1.47. The summed E-state index contributed by atoms with van der Waals surface area (Å²) in [6.45, 7) is 4.83. The summed E-state index contributed by atoms with van der Waals surface area (Å²) in [5.74, 6) is 6.29. The number of piperidine rings is 1. The van der Waals surface area contributed by atoms with Gasteiger partial charge < -0.3 is 0 Å². The summed E-state index contributed by atoms with van der Waals surface area (Å²) in [5, 5.41) is 17.7. The van der Waals surface area contributed by atoms with Gasteiger partial charge in [0.1, 0.15) is 0 Å². The maximum Gasteiger partial charge on any atom is 0.286 e. The van der Waals surface area contributed by atoms with Crippen molar-refractivity contribution in [2.45, 2.75) is 51.6 Å². The van der Waals surface area contributed by atoms with Crippen LogP contribution in [0.3, 0.4) is 0 Å². The predicted molar refractivity (Wildman–Crippen MR) is 176 cm³/mol. The van der Waals surface area contributed by atoms with Crippen LogP contribution in [0.2, 0.25) is 10.0 Å². The van der Waals surface area contributed by atoms with Crippen LogP contribution >= 0.6 is 34.5 Å². The monoisotopic (exact) mass is 642 g/mol. The highest BCUT2D eigenvalue weighted by molar-refractivity contribution is 7.16. The second kappa shape index (κ2) is 13.6. The van der Waals surface area contributed by atoms with E-state index in [1.807, 2.05) is 47.5 Å². The number of nitrogens with zero attached hydrogens (tertiary/aromatic N) is 5. The van der Waals surface area contributed by atoms with Gasteiger partial charge >= 0.3 is 0 Å². The molecule has 2 aromatic heterocycles. The van der Waals surface area contributed by atoms with Crippen molar-refractivity contribution in [3.05, 3.63) is 91.9 Å². The fourth-order valence-electron chi connectivity index (χ4n) is 5.73. The number of halogens is 2. The van der Waals surface area contributed by atoms with Crippen LogP contribution in [0, 0.1) is 30.1 Å². The number of likely N-dealkylation sites (tertiary alicyclic amines) is 1. The number of nitriles is 1. The van der Waals surface area contributed by atoms with Crippen molar-refractivity contribution in [2.75, 3.05) is 19.6 Å². The minimum atomic E-state index is -0.268. The van der Waals surface area contributed by atoms with Gasteiger partial charge in [0, 0.05) is 35.8 Å². The molecule has 2 saturated heterocycles. The fourth-order valence-corrected chi connectivity index (χ4v) is 7.14. The Morgan fingerprint density at radius 2 is 1.82 bits per heavy atom. The van der Waals surface area contributed by atoms with E-state index in [4.69, 9.17) is 28.3 Å². The van der Waals surface area contributed by atoms with Crippen molar-refractivity contribution in [2.24, 2.45) is 0 Å². The number of carbonyl (C=O) groups is 1. The Morgan fingerprint density at radius 1 is 1.02 bits per heavy atom. The molecule has 224 valence electrons. The fraction of sp³-hybridized carbons (Fsp3) is 0.324. The van der Waals surface area contributed by atoms with Crippen LogP contribution in [0.25, 0.3) is 16.3 Å². The summed E-state index contributed by atoms with van der Waals surface area (Å²) >= 11 is 14.5. The van der Waals surface area contributed by atoms with E-state index in [9.17, 15) is 10.1 Å². The second-order valence-corrected chi connectivity index (χ2v) is 13.1. The van der Waals surface area contributed by atoms with Crippen molar-refractivity contribution in [3.63, 3.8) is 0 Å². The Kier molecular flexibility index (Phi) is 9.37. The number of hydrogen-bond donors (Lipinski definition) is 1. The molecule has 1 amide bonds. The Hall–Kier alpha value is -3.63. The molecule has 10 heteroatoms. The number of carbonyl (C=O) groups excluding carboxylic acids is 1. The highest BCUT2D eigenvalue weighted by Crippen LogP contribution is 2.38. The molecular formula is C34H32Cl2N6OS. The molecule has 2 aliphatic heterocycles. The first-order valence-electron chi connectivity index (χ1n) is 14.9. The van der Waals surface area contributed by atoms with Gasteiger partial charge in [0.15, 0.2) is 5.69 Å². The number of nitrogens with one attached hydrogen (secondary N) is 1. The Morgan fingerprint density at radius 3 is 2.57 bits per heavy atom. The normalized spacial score (nSPS) is 17.2. The summed E-state index contributed by atoms with van der Waals surface area (Å²) < 4.78 is 1.75. The predicted octanol–water partition coefficient (Wildman–Crippen LogP) is 7.23. The van der Waals surface area contributed by atoms with Crippen molar-refractivity contribution >= 4 is 40.4 Å². The van der Waals surface area contributed by atoms with Gasteiger partial charge in [0.05, 0.1) is 38.3 Å². The van der Waals surface area contributed by atoms with Crippen molar-refractivity contribution in [1.29, 1.82) is 5.26 Å². The zero-order chi connectivity index (χ0) is 30.6. The molecule has 2 aliphatic rings. The third-order valence-electron chi connectivity index (χ3n) is 8.05. The highest BCUT2D eigenvalue weighted by Gasteiger charge is 2.32. The smallest absolute Gasteiger partial charge is 0.284 e. The third-order valence-corrected chi connectivity index (χ3v) is 9.59. The number of hydrogen-bond acceptors (Lipinski definition) is 6. The number of benzene rings is 2. The molecule has 0 spiro atoms. The zero-order valence-corrected chi connectivity index (χ0v) is 26.8. The number of rotatable bonds is 6. The molecule has 2 fully saturated rings. The summed E-state index contributed by atoms with van der Waals surface area (Å²) in [5.41, 5.74) is 7.68. The minimum Gasteiger partial charge on any atom is -0.284 e. The molecule has 0 bridgehead atoms. The lowest BCUT2D eigenvalue weighted by atomic mass is 10.1. The first-order valence-corrected chi connectivity index (χ1v) is 16.4. The van der Waals surface area contributed by atoms with E-state index in [-0.39, 0.29) is 11.9 Å². The summed E-state index contributed by atoms with van der Waals surface area (Å²) in [6, 6.07) is 19.6. The van der Waals surface area contributed by atoms with E-state index in [0.717, 1.165) is 78.3 Å². The standard InChI is InChI=1S/C34H32Cl2N6OS/c1-23-7-9-24(10-8-23)11-13-27-14-16-31(44-27)33-28(22-40-17-5-6-26(40)21-37)32(34(43)39-41-18-3-2-4-19-41)38-42(33)30-15-12-25(35)20-29(30)36/h7-10,12,14-16,20,26H,2-6,17-19,22H2,1H3,(H,39,43)/t26-/m1/s1. The second-order valence-electron chi connectivity index (χ2n) is 11.2. The van der Waals surface area contributed by atoms with Crippen LogP contribution in [0.4, 0.5) is 0 Å². The molecule has 7 nitrogen and oxygen atoms in total. The van der Waals surface area contributed by atoms with Crippen LogP contribution in [0.1, 0.15) is 64.2 Å². The summed E-state index contributed by atoms with van der Waals surface area (Å²) in [7, 11) is 0. The maximum absolute atomic E-state index is 13.9. The topological polar surface area (TPSA) is 77.2 Å². The number of thiophene rings is 1. The number of amides is 1. The molecule has 0 saturated carbocycles. The molecule has 44 heavy (non-hydrogen) atoms. The van der Waals surface area contributed by atoms with Crippen LogP contribution in [0.15, 0.2) is 54.6 Å². The minimum absolute atomic E-state index is 0.220. The summed E-state index contributed by atoms with van der Waals surface area (Å²) in [6.07, 6.45) is 4.95. The lowest BCUT2D eigenvalue weighted by Crippen LogP contribution is -2.45. The van der Waals surface area contributed by atoms with Gasteiger partial charge in [-0.3, -0.25) is 15.1 Å². The van der Waals surface area contributed by atoms with E-state index in [1.165, 1.54) is 16.9 Å². The molecular weight excluding hydrogens is 611 g/mol. The van der Waals surface area contributed by atoms with Crippen molar-refractivity contribution in [1.82, 2.24) is 25.1 Å². The van der Waals surface area contributed by atoms with Gasteiger partial charge in [-0.1, -0.05) is 59.2 Å². The average Bonchev–Trinajstić information content (AvgIpc) is 3.76. The van der Waals surface area contributed by atoms with Gasteiger partial charge in [0.2, 0.25) is 0 Å². The largest absolute Gasteiger partial charge is 0.286 e. The highest BCUT2D eigenvalue weighted by atomic mass is 35.5. The molecule has 6 rings (SSSR count). The van der Waals surface area contributed by atoms with E-state index in [2.05, 4.69) is 35.2 Å². The van der Waals surface area contributed by atoms with Gasteiger partial charge in [-0.05, 0) is 81.6 Å². The van der Waals surface area contributed by atoms with Crippen LogP contribution in [-0.4, -0.2) is 51.3 Å². The molecule has 1 atom stereocenters. The number of hydrazine groups is 1. The van der Waals surface area contributed by atoms with Crippen molar-refractivity contribution < 1.29 is 4.79 Å². The van der Waals surface area contributed by atoms with Crippen LogP contribution in [-0.2, 0) is 6.54 Å². The molecule has 0 unspecified atom stereocenters. The maximum atomic E-state index is 13.9. The van der Waals surface area contributed by atoms with Gasteiger partial charge in [-0.15, -0.1) is 11.3 Å². The first-order chi connectivity index (χ1) is 21.4. The molecule has 0 radical (unpaired) electrons. The van der Waals surface area contributed by atoms with Gasteiger partial charge in [0.25, 0.3) is 5.91 Å². The Labute approximate surface area is 272 Å². The van der Waals surface area contributed by atoms with Crippen LogP contribution in [0.5, 0.6) is 0 Å². The third kappa shape index (κ3) is 6.71. The molecule has 4 heterocycles. The number of aryl methyl sites for hydroxylation is 1. The quantitative estimate of drug-likeness (QED) is 0.224. The lowest BCUT2D eigenvalue weighted by molar-refractivity contribution is 0.0742. The lowest BCUT2D eigenvalue weighted by Gasteiger charge is -2.26. The van der Waals surface area contributed by atoms with Crippen LogP contribution < -0.4 is 5.43 Å². The molecule has 0 aliphatic carbocycles. The van der Waals surface area contributed by atoms with E-state index in [1.54, 1.807) is 16.8 Å². The van der Waals surface area contributed by atoms with Gasteiger partial charge in [-0.25, -0.2) is 9.69 Å². The van der Waals surface area contributed by atoms with E-state index >= 15 is 0 Å². The van der Waals surface area contributed by atoms with Crippen molar-refractivity contribution in [3.8, 4) is 34.2 Å². The van der Waals surface area contributed by atoms with E-state index < -0.39 is 0 Å². The Bertz CT molecular complexity index is 1770. The molecule has 4 aromatic rings. The SMILES string of the molecule is Cc1ccc(C#Cc2ccc(-c3c(CN4CCC[C@@H]4C#N)c(C(=O)NN4CCCCC4)nn3-c3ccc(Cl)cc3Cl)s2)cc1. The average molecular weight is 644 g/mol. The van der Waals surface area contributed by atoms with Gasteiger partial charge in [-0.2, -0.15) is 10.4 Å².